The van der Waals surface area contributed by atoms with Gasteiger partial charge in [0.25, 0.3) is 5.56 Å². The summed E-state index contributed by atoms with van der Waals surface area (Å²) in [5, 5.41) is 1.82. The molecule has 11 nitrogen and oxygen atoms in total. The zero-order valence-corrected chi connectivity index (χ0v) is 37.4. The molecule has 0 bridgehead atoms. The maximum Gasteiger partial charge on any atom is 0.471 e. The van der Waals surface area contributed by atoms with Crippen molar-refractivity contribution < 1.29 is 41.3 Å². The van der Waals surface area contributed by atoms with Crippen LogP contribution in [0.2, 0.25) is 5.04 Å². The molecule has 1 aliphatic heterocycles. The molecule has 0 spiro atoms. The maximum atomic E-state index is 13.4. The van der Waals surface area contributed by atoms with Crippen LogP contribution in [-0.2, 0) is 24.3 Å². The number of methoxy groups -OCH3 is 2. The molecule has 330 valence electrons. The Hall–Kier alpha value is -4.96. The minimum Gasteiger partial charge on any atom is -0.497 e. The van der Waals surface area contributed by atoms with E-state index in [1.54, 1.807) is 21.1 Å². The number of amides is 1. The van der Waals surface area contributed by atoms with Crippen molar-refractivity contribution in [2.45, 2.75) is 101 Å². The van der Waals surface area contributed by atoms with Crippen LogP contribution in [0, 0.1) is 12.8 Å². The molecule has 0 radical (unpaired) electrons. The highest BCUT2D eigenvalue weighted by molar-refractivity contribution is 6.32. The second-order valence-corrected chi connectivity index (χ2v) is 18.9. The van der Waals surface area contributed by atoms with Gasteiger partial charge in [0.05, 0.1) is 26.9 Å². The monoisotopic (exact) mass is 865 g/mol. The Morgan fingerprint density at radius 1 is 0.934 bits per heavy atom. The minimum atomic E-state index is -4.93. The molecule has 0 saturated carbocycles. The summed E-state index contributed by atoms with van der Waals surface area (Å²) in [6.45, 7) is 10.2. The SMILES string of the molecule is COc1ccc(C(OC[C@@]2(C=CCCCCCNC(=O)C(F)(F)F)O[C@@H](n3cc(C)c(=O)[nH]c3=O)CC2O[SiH2]C(C)(C)C(C)C)(c2ccccc2)c2ccc(OC)cc2)cc1. The summed E-state index contributed by atoms with van der Waals surface area (Å²) >= 11 is 0. The third-order valence-electron chi connectivity index (χ3n) is 11.7. The number of unbranched alkanes of at least 4 members (excludes halogenated alkanes) is 3. The summed E-state index contributed by atoms with van der Waals surface area (Å²) in [6, 6.07) is 25.2. The largest absolute Gasteiger partial charge is 0.497 e. The molecule has 1 unspecified atom stereocenters. The van der Waals surface area contributed by atoms with Gasteiger partial charge in [-0.2, -0.15) is 13.2 Å². The topological polar surface area (TPSA) is 130 Å². The van der Waals surface area contributed by atoms with Crippen molar-refractivity contribution in [1.29, 1.82) is 0 Å². The van der Waals surface area contributed by atoms with Crippen LogP contribution in [0.25, 0.3) is 0 Å². The van der Waals surface area contributed by atoms with Crippen LogP contribution < -0.4 is 26.0 Å². The van der Waals surface area contributed by atoms with E-state index in [-0.39, 0.29) is 24.6 Å². The number of aromatic nitrogens is 2. The Labute approximate surface area is 357 Å². The third kappa shape index (κ3) is 11.3. The van der Waals surface area contributed by atoms with Gasteiger partial charge in [-0.05, 0) is 78.1 Å². The van der Waals surface area contributed by atoms with Crippen LogP contribution in [0.15, 0.2) is 107 Å². The highest BCUT2D eigenvalue weighted by Crippen LogP contribution is 2.47. The third-order valence-corrected chi connectivity index (χ3v) is 13.8. The van der Waals surface area contributed by atoms with Crippen molar-refractivity contribution in [1.82, 2.24) is 14.9 Å². The number of benzene rings is 3. The van der Waals surface area contributed by atoms with E-state index < -0.39 is 56.6 Å². The number of alkyl halides is 3. The number of aryl methyl sites for hydroxylation is 1. The second kappa shape index (κ2) is 20.3. The first-order valence-corrected chi connectivity index (χ1v) is 21.9. The summed E-state index contributed by atoms with van der Waals surface area (Å²) in [7, 11) is 1.94. The molecule has 4 aromatic rings. The lowest BCUT2D eigenvalue weighted by Gasteiger charge is -2.41. The first-order valence-electron chi connectivity index (χ1n) is 20.6. The van der Waals surface area contributed by atoms with Crippen LogP contribution in [0.4, 0.5) is 13.2 Å². The number of rotatable bonds is 20. The van der Waals surface area contributed by atoms with Crippen molar-refractivity contribution in [2.75, 3.05) is 27.4 Å². The van der Waals surface area contributed by atoms with Crippen molar-refractivity contribution in [2.24, 2.45) is 5.92 Å². The van der Waals surface area contributed by atoms with Crippen LogP contribution in [0.1, 0.15) is 88.3 Å². The van der Waals surface area contributed by atoms with Crippen molar-refractivity contribution >= 4 is 15.7 Å². The fraction of sp³-hybridized carbons (Fsp3) is 0.457. The highest BCUT2D eigenvalue weighted by atomic mass is 28.2. The molecule has 0 aliphatic carbocycles. The summed E-state index contributed by atoms with van der Waals surface area (Å²) in [6.07, 6.45) is 1.35. The van der Waals surface area contributed by atoms with Crippen LogP contribution in [0.3, 0.4) is 0 Å². The van der Waals surface area contributed by atoms with Crippen molar-refractivity contribution in [3.63, 3.8) is 0 Å². The first-order chi connectivity index (χ1) is 29.0. The van der Waals surface area contributed by atoms with E-state index in [0.717, 1.165) is 16.7 Å². The van der Waals surface area contributed by atoms with Crippen LogP contribution in [0.5, 0.6) is 11.5 Å². The first kappa shape index (κ1) is 47.1. The van der Waals surface area contributed by atoms with Gasteiger partial charge in [-0.3, -0.25) is 19.1 Å². The lowest BCUT2D eigenvalue weighted by molar-refractivity contribution is -0.173. The Bertz CT molecular complexity index is 2140. The number of halogens is 3. The fourth-order valence-corrected chi connectivity index (χ4v) is 8.57. The molecule has 15 heteroatoms. The maximum absolute atomic E-state index is 13.4. The summed E-state index contributed by atoms with van der Waals surface area (Å²) in [4.78, 5) is 39.6. The molecule has 1 fully saturated rings. The van der Waals surface area contributed by atoms with E-state index in [4.69, 9.17) is 23.4 Å². The summed E-state index contributed by atoms with van der Waals surface area (Å²) < 4.78 is 72.1. The van der Waals surface area contributed by atoms with E-state index in [1.807, 2.05) is 96.3 Å². The zero-order chi connectivity index (χ0) is 44.4. The van der Waals surface area contributed by atoms with E-state index in [0.29, 0.717) is 48.7 Å². The van der Waals surface area contributed by atoms with E-state index in [9.17, 15) is 27.6 Å². The number of H-pyrrole nitrogens is 1. The average molecular weight is 866 g/mol. The number of carbonyl (C=O) groups is 1. The molecular formula is C46H58F3N3O8Si. The molecule has 1 aliphatic rings. The van der Waals surface area contributed by atoms with Crippen LogP contribution >= 0.6 is 0 Å². The Morgan fingerprint density at radius 3 is 2.08 bits per heavy atom. The lowest BCUT2D eigenvalue weighted by atomic mass is 9.79. The molecule has 2 N–H and O–H groups in total. The quantitative estimate of drug-likeness (QED) is 0.0402. The Kier molecular flexibility index (Phi) is 15.6. The second-order valence-electron chi connectivity index (χ2n) is 16.5. The van der Waals surface area contributed by atoms with Gasteiger partial charge in [0.15, 0.2) is 9.76 Å². The normalized spacial score (nSPS) is 18.7. The molecule has 5 rings (SSSR count). The number of carbonyl (C=O) groups excluding carboxylic acids is 1. The molecular weight excluding hydrogens is 808 g/mol. The fourth-order valence-electron chi connectivity index (χ4n) is 7.19. The van der Waals surface area contributed by atoms with Gasteiger partial charge >= 0.3 is 17.8 Å². The lowest BCUT2D eigenvalue weighted by Crippen LogP contribution is -2.48. The van der Waals surface area contributed by atoms with Gasteiger partial charge in [-0.25, -0.2) is 4.79 Å². The standard InChI is InChI=1S/C46H58F3N3O8Si/c1-31(2)43(4,5)61-60-38-28-39(52-29-32(3)40(53)51-42(52)55)59-44(38,26-14-9-8-10-15-27-50-41(54)46(47,48)49)30-58-45(33-16-12-11-13-17-33,34-18-22-36(56-6)23-19-34)35-20-24-37(57-7)25-21-35/h11-14,16-26,29,31,38-39H,8-10,15,27-28,30,61H2,1-7H3,(H,50,54)(H,51,53,55)/t38?,39-,44-/m1/s1. The zero-order valence-electron chi connectivity index (χ0n) is 36.0. The van der Waals surface area contributed by atoms with Gasteiger partial charge < -0.3 is 28.7 Å². The van der Waals surface area contributed by atoms with Gasteiger partial charge in [-0.15, -0.1) is 0 Å². The summed E-state index contributed by atoms with van der Waals surface area (Å²) in [5.41, 5.74) is -0.843. The van der Waals surface area contributed by atoms with Crippen LogP contribution in [-0.4, -0.2) is 70.5 Å². The highest BCUT2D eigenvalue weighted by Gasteiger charge is 2.52. The number of hydrogen-bond acceptors (Lipinski definition) is 8. The molecule has 3 atom stereocenters. The number of nitrogens with zero attached hydrogens (tertiary/aromatic N) is 1. The number of ether oxygens (including phenoxy) is 4. The smallest absolute Gasteiger partial charge is 0.471 e. The molecule has 1 aromatic heterocycles. The van der Waals surface area contributed by atoms with E-state index in [2.05, 4.69) is 32.7 Å². The Morgan fingerprint density at radius 2 is 1.52 bits per heavy atom. The van der Waals surface area contributed by atoms with Gasteiger partial charge in [0.1, 0.15) is 28.9 Å². The summed E-state index contributed by atoms with van der Waals surface area (Å²) in [5.74, 6) is -0.306. The number of nitrogens with one attached hydrogen (secondary N) is 2. The molecule has 2 heterocycles. The molecule has 1 amide bonds. The predicted molar refractivity (Wildman–Crippen MR) is 231 cm³/mol. The predicted octanol–water partition coefficient (Wildman–Crippen LogP) is 7.65. The van der Waals surface area contributed by atoms with Gasteiger partial charge in [0, 0.05) is 24.7 Å². The minimum absolute atomic E-state index is 0.0608. The molecule has 1 saturated heterocycles. The molecule has 61 heavy (non-hydrogen) atoms. The number of hydrogen-bond donors (Lipinski definition) is 2. The average Bonchev–Trinajstić information content (AvgIpc) is 3.60. The van der Waals surface area contributed by atoms with E-state index in [1.165, 1.54) is 10.8 Å². The van der Waals surface area contributed by atoms with E-state index >= 15 is 0 Å². The Balaban J connectivity index is 1.61. The number of aromatic amines is 1. The number of allylic oxidation sites excluding steroid dienone is 1. The van der Waals surface area contributed by atoms with Crippen molar-refractivity contribution in [3.05, 3.63) is 140 Å². The van der Waals surface area contributed by atoms with Crippen molar-refractivity contribution in [3.8, 4) is 11.5 Å². The molecule has 3 aromatic carbocycles. The van der Waals surface area contributed by atoms with Gasteiger partial charge in [0.2, 0.25) is 0 Å². The van der Waals surface area contributed by atoms with Gasteiger partial charge in [-0.1, -0.05) is 101 Å².